The Bertz CT molecular complexity index is 864. The predicted octanol–water partition coefficient (Wildman–Crippen LogP) is 2.97. The first-order valence-corrected chi connectivity index (χ1v) is 10.7. The Hall–Kier alpha value is -3.10. The molecule has 8 nitrogen and oxygen atoms in total. The number of benzene rings is 1. The fourth-order valence-corrected chi connectivity index (χ4v) is 3.04. The summed E-state index contributed by atoms with van der Waals surface area (Å²) in [5.74, 6) is 0.117. The van der Waals surface area contributed by atoms with Crippen LogP contribution in [0.4, 0.5) is 9.18 Å². The molecule has 1 aliphatic rings. The zero-order chi connectivity index (χ0) is 23.7. The topological polar surface area (TPSA) is 97.0 Å². The highest BCUT2D eigenvalue weighted by molar-refractivity contribution is 5.98. The lowest BCUT2D eigenvalue weighted by atomic mass is 9.98. The molecular formula is C23H32FN3O5. The van der Waals surface area contributed by atoms with Crippen LogP contribution in [0.1, 0.15) is 50.0 Å². The van der Waals surface area contributed by atoms with Gasteiger partial charge in [0, 0.05) is 30.8 Å². The zero-order valence-corrected chi connectivity index (χ0v) is 19.1. The third-order valence-corrected chi connectivity index (χ3v) is 4.59. The summed E-state index contributed by atoms with van der Waals surface area (Å²) in [6.07, 6.45) is 1.17. The van der Waals surface area contributed by atoms with Gasteiger partial charge in [0.05, 0.1) is 12.9 Å². The molecule has 9 heteroatoms. The summed E-state index contributed by atoms with van der Waals surface area (Å²) in [6.45, 7) is 8.12. The van der Waals surface area contributed by atoms with Gasteiger partial charge in [-0.1, -0.05) is 6.92 Å². The molecule has 32 heavy (non-hydrogen) atoms. The number of alkyl carbamates (subject to hydrolysis) is 1. The molecule has 0 bridgehead atoms. The van der Waals surface area contributed by atoms with Crippen LogP contribution in [-0.2, 0) is 16.0 Å². The average Bonchev–Trinajstić information content (AvgIpc) is 2.73. The molecule has 0 saturated carbocycles. The normalized spacial score (nSPS) is 14.0. The van der Waals surface area contributed by atoms with Crippen LogP contribution in [-0.4, -0.2) is 61.2 Å². The van der Waals surface area contributed by atoms with Crippen LogP contribution < -0.4 is 15.4 Å². The Balaban J connectivity index is 1.90. The number of nitrogens with one attached hydrogen (secondary N) is 2. The van der Waals surface area contributed by atoms with Gasteiger partial charge in [0.2, 0.25) is 5.91 Å². The van der Waals surface area contributed by atoms with E-state index in [0.717, 1.165) is 12.0 Å². The van der Waals surface area contributed by atoms with Gasteiger partial charge in [-0.3, -0.25) is 9.59 Å². The second kappa shape index (κ2) is 11.5. The molecule has 1 aromatic carbocycles. The smallest absolute Gasteiger partial charge is 0.407 e. The van der Waals surface area contributed by atoms with Crippen LogP contribution in [0.15, 0.2) is 30.1 Å². The molecule has 1 aromatic rings. The monoisotopic (exact) mass is 449 g/mol. The minimum atomic E-state index is -0.643. The molecule has 0 fully saturated rings. The number of hydrogen-bond donors (Lipinski definition) is 2. The zero-order valence-electron chi connectivity index (χ0n) is 19.1. The van der Waals surface area contributed by atoms with Crippen LogP contribution >= 0.6 is 0 Å². The van der Waals surface area contributed by atoms with Crippen LogP contribution in [0.25, 0.3) is 0 Å². The maximum Gasteiger partial charge on any atom is 0.407 e. The summed E-state index contributed by atoms with van der Waals surface area (Å²) in [6, 6.07) is 5.04. The van der Waals surface area contributed by atoms with Crippen molar-refractivity contribution in [1.29, 1.82) is 0 Å². The van der Waals surface area contributed by atoms with Crippen LogP contribution in [0.2, 0.25) is 0 Å². The summed E-state index contributed by atoms with van der Waals surface area (Å²) >= 11 is 0. The lowest BCUT2D eigenvalue weighted by molar-refractivity contribution is -0.121. The van der Waals surface area contributed by atoms with E-state index >= 15 is 0 Å². The molecule has 2 rings (SSSR count). The van der Waals surface area contributed by atoms with Crippen molar-refractivity contribution < 1.29 is 28.2 Å². The Morgan fingerprint density at radius 1 is 1.25 bits per heavy atom. The lowest BCUT2D eigenvalue weighted by Gasteiger charge is -2.28. The number of rotatable bonds is 9. The number of hydrogen-bond acceptors (Lipinski definition) is 5. The molecule has 1 aliphatic heterocycles. The Morgan fingerprint density at radius 2 is 2.00 bits per heavy atom. The molecule has 0 unspecified atom stereocenters. The summed E-state index contributed by atoms with van der Waals surface area (Å²) in [4.78, 5) is 37.9. The summed E-state index contributed by atoms with van der Waals surface area (Å²) in [5, 5.41) is 5.25. The van der Waals surface area contributed by atoms with E-state index in [9.17, 15) is 18.8 Å². The Kier molecular flexibility index (Phi) is 9.04. The van der Waals surface area contributed by atoms with Crippen molar-refractivity contribution in [2.75, 3.05) is 32.8 Å². The van der Waals surface area contributed by atoms with E-state index in [2.05, 4.69) is 10.6 Å². The second-order valence-corrected chi connectivity index (χ2v) is 8.56. The van der Waals surface area contributed by atoms with E-state index in [-0.39, 0.29) is 37.1 Å². The Morgan fingerprint density at radius 3 is 2.66 bits per heavy atom. The number of amides is 3. The SMILES string of the molecule is CCCNC(=O)CN1CCc2cc(OC/C(=C/F)CNC(=O)OC(C)(C)C)ccc2C1=O. The summed E-state index contributed by atoms with van der Waals surface area (Å²) in [5.41, 5.74) is 0.930. The van der Waals surface area contributed by atoms with E-state index in [4.69, 9.17) is 9.47 Å². The first-order chi connectivity index (χ1) is 15.1. The second-order valence-electron chi connectivity index (χ2n) is 8.56. The van der Waals surface area contributed by atoms with Crippen molar-refractivity contribution in [3.8, 4) is 5.75 Å². The molecule has 0 saturated heterocycles. The third kappa shape index (κ3) is 7.86. The predicted molar refractivity (Wildman–Crippen MR) is 118 cm³/mol. The fraction of sp³-hybridized carbons (Fsp3) is 0.522. The molecule has 1 heterocycles. The molecule has 176 valence electrons. The minimum absolute atomic E-state index is 0.0336. The van der Waals surface area contributed by atoms with Crippen LogP contribution in [0.5, 0.6) is 5.75 Å². The average molecular weight is 450 g/mol. The lowest BCUT2D eigenvalue weighted by Crippen LogP contribution is -2.44. The van der Waals surface area contributed by atoms with Crippen molar-refractivity contribution in [2.24, 2.45) is 0 Å². The highest BCUT2D eigenvalue weighted by atomic mass is 19.1. The van der Waals surface area contributed by atoms with Gasteiger partial charge in [0.1, 0.15) is 18.0 Å². The van der Waals surface area contributed by atoms with Crippen molar-refractivity contribution in [3.63, 3.8) is 0 Å². The van der Waals surface area contributed by atoms with E-state index in [0.29, 0.717) is 37.2 Å². The van der Waals surface area contributed by atoms with Crippen molar-refractivity contribution in [2.45, 2.75) is 46.1 Å². The largest absolute Gasteiger partial charge is 0.489 e. The quantitative estimate of drug-likeness (QED) is 0.604. The van der Waals surface area contributed by atoms with Gasteiger partial charge in [-0.2, -0.15) is 0 Å². The van der Waals surface area contributed by atoms with E-state index in [1.54, 1.807) is 39.0 Å². The van der Waals surface area contributed by atoms with E-state index < -0.39 is 11.7 Å². The van der Waals surface area contributed by atoms with Gasteiger partial charge in [-0.05, 0) is 57.4 Å². The maximum absolute atomic E-state index is 13.2. The van der Waals surface area contributed by atoms with Gasteiger partial charge in [-0.15, -0.1) is 0 Å². The minimum Gasteiger partial charge on any atom is -0.489 e. The van der Waals surface area contributed by atoms with E-state index in [1.165, 1.54) is 4.90 Å². The van der Waals surface area contributed by atoms with Crippen LogP contribution in [0, 0.1) is 0 Å². The number of fused-ring (bicyclic) bond motifs is 1. The fourth-order valence-electron chi connectivity index (χ4n) is 3.04. The van der Waals surface area contributed by atoms with Crippen molar-refractivity contribution in [1.82, 2.24) is 15.5 Å². The molecule has 2 N–H and O–H groups in total. The molecule has 0 atom stereocenters. The van der Waals surface area contributed by atoms with Crippen molar-refractivity contribution >= 4 is 17.9 Å². The summed E-state index contributed by atoms with van der Waals surface area (Å²) < 4.78 is 23.9. The van der Waals surface area contributed by atoms with Gasteiger partial charge in [0.25, 0.3) is 5.91 Å². The van der Waals surface area contributed by atoms with Crippen LogP contribution in [0.3, 0.4) is 0 Å². The van der Waals surface area contributed by atoms with Crippen molar-refractivity contribution in [3.05, 3.63) is 41.2 Å². The molecule has 0 aliphatic carbocycles. The third-order valence-electron chi connectivity index (χ3n) is 4.59. The van der Waals surface area contributed by atoms with Gasteiger partial charge >= 0.3 is 6.09 Å². The highest BCUT2D eigenvalue weighted by Gasteiger charge is 2.26. The van der Waals surface area contributed by atoms with E-state index in [1.807, 2.05) is 6.92 Å². The van der Waals surface area contributed by atoms with Gasteiger partial charge in [-0.25, -0.2) is 9.18 Å². The number of halogens is 1. The number of nitrogens with zero attached hydrogens (tertiary/aromatic N) is 1. The number of carbonyl (C=O) groups excluding carboxylic acids is 3. The van der Waals surface area contributed by atoms with Gasteiger partial charge < -0.3 is 25.0 Å². The molecule has 0 aromatic heterocycles. The highest BCUT2D eigenvalue weighted by Crippen LogP contribution is 2.24. The first kappa shape index (κ1) is 25.2. The standard InChI is InChI=1S/C23H32FN3O5/c1-5-9-25-20(28)14-27-10-8-17-11-18(6-7-19(17)21(27)29)31-15-16(12-24)13-26-22(30)32-23(2,3)4/h6-7,11-12H,5,8-10,13-15H2,1-4H3,(H,25,28)(H,26,30)/b16-12+. The Labute approximate surface area is 188 Å². The number of carbonyl (C=O) groups is 3. The molecule has 3 amide bonds. The first-order valence-electron chi connectivity index (χ1n) is 10.7. The number of ether oxygens (including phenoxy) is 2. The maximum atomic E-state index is 13.2. The molecular weight excluding hydrogens is 417 g/mol. The van der Waals surface area contributed by atoms with Gasteiger partial charge in [0.15, 0.2) is 0 Å². The molecule has 0 spiro atoms. The summed E-state index contributed by atoms with van der Waals surface area (Å²) in [7, 11) is 0. The molecule has 0 radical (unpaired) electrons.